The highest BCUT2D eigenvalue weighted by molar-refractivity contribution is 5.86. The Labute approximate surface area is 186 Å². The van der Waals surface area contributed by atoms with Crippen LogP contribution in [-0.4, -0.2) is 41.7 Å². The van der Waals surface area contributed by atoms with Gasteiger partial charge in [-0.05, 0) is 54.4 Å². The number of fused-ring (bicyclic) bond motifs is 1. The van der Waals surface area contributed by atoms with Crippen molar-refractivity contribution < 1.29 is 13.6 Å². The van der Waals surface area contributed by atoms with Crippen molar-refractivity contribution in [3.05, 3.63) is 71.3 Å². The molecule has 2 unspecified atom stereocenters. The zero-order chi connectivity index (χ0) is 21.9. The first kappa shape index (κ1) is 20.0. The first-order valence-electron chi connectivity index (χ1n) is 11.6. The van der Waals surface area contributed by atoms with E-state index in [1.54, 1.807) is 6.21 Å². The summed E-state index contributed by atoms with van der Waals surface area (Å²) in [5.41, 5.74) is 1.55. The fraction of sp³-hybridized carbons (Fsp3) is 0.462. The van der Waals surface area contributed by atoms with E-state index in [9.17, 15) is 13.6 Å². The Morgan fingerprint density at radius 1 is 1.00 bits per heavy atom. The first-order chi connectivity index (χ1) is 15.5. The second-order valence-corrected chi connectivity index (χ2v) is 10.1. The zero-order valence-electron chi connectivity index (χ0n) is 18.0. The normalized spacial score (nSPS) is 31.6. The molecule has 0 spiro atoms. The molecule has 5 aliphatic rings. The number of hydrogen-bond donors (Lipinski definition) is 0. The molecule has 2 aromatic rings. The highest BCUT2D eigenvalue weighted by atomic mass is 19.1. The molecule has 2 heterocycles. The van der Waals surface area contributed by atoms with Crippen molar-refractivity contribution in [3.63, 3.8) is 0 Å². The fourth-order valence-corrected chi connectivity index (χ4v) is 6.47. The Morgan fingerprint density at radius 2 is 1.72 bits per heavy atom. The minimum Gasteiger partial charge on any atom is -0.302 e. The molecular weight excluding hydrogens is 408 g/mol. The van der Waals surface area contributed by atoms with Gasteiger partial charge in [0, 0.05) is 44.3 Å². The van der Waals surface area contributed by atoms with Crippen LogP contribution in [0.4, 0.5) is 8.78 Å². The Kier molecular flexibility index (Phi) is 4.68. The Balaban J connectivity index is 1.09. The molecule has 4 nitrogen and oxygen atoms in total. The van der Waals surface area contributed by atoms with Crippen molar-refractivity contribution in [2.75, 3.05) is 19.6 Å². The molecule has 32 heavy (non-hydrogen) atoms. The standard InChI is InChI=1S/C26H27F2N3O/c27-22-8-18(9-23(28)10-22)24-6-7-29-31(24)25(32)26-11-19(12-26)20(13-26)14-30-15-21(16-30)17-4-2-1-3-5-17/h1-5,7-10,19-21,24H,6,11-16H2. The van der Waals surface area contributed by atoms with E-state index in [2.05, 4.69) is 40.3 Å². The van der Waals surface area contributed by atoms with Gasteiger partial charge < -0.3 is 4.90 Å². The van der Waals surface area contributed by atoms with Gasteiger partial charge in [0.25, 0.3) is 0 Å². The van der Waals surface area contributed by atoms with Crippen molar-refractivity contribution in [2.45, 2.75) is 37.6 Å². The lowest BCUT2D eigenvalue weighted by molar-refractivity contribution is -0.148. The SMILES string of the molecule is O=C(N1N=CCC1c1cc(F)cc(F)c1)C12CC(CN3CC(c4ccccc4)C3)C(C1)C2. The summed E-state index contributed by atoms with van der Waals surface area (Å²) in [6, 6.07) is 13.8. The Hall–Kier alpha value is -2.60. The average molecular weight is 436 g/mol. The van der Waals surface area contributed by atoms with Crippen molar-refractivity contribution in [3.8, 4) is 0 Å². The number of carbonyl (C=O) groups is 1. The van der Waals surface area contributed by atoms with Crippen LogP contribution in [0.1, 0.15) is 48.8 Å². The molecule has 0 radical (unpaired) electrons. The average Bonchev–Trinajstić information content (AvgIpc) is 3.43. The van der Waals surface area contributed by atoms with Gasteiger partial charge in [0.1, 0.15) is 11.6 Å². The molecular formula is C26H27F2N3O. The predicted molar refractivity (Wildman–Crippen MR) is 118 cm³/mol. The lowest BCUT2D eigenvalue weighted by Crippen LogP contribution is -2.47. The molecule has 1 saturated heterocycles. The van der Waals surface area contributed by atoms with Gasteiger partial charge in [-0.25, -0.2) is 13.8 Å². The molecule has 166 valence electrons. The van der Waals surface area contributed by atoms with E-state index in [1.807, 2.05) is 0 Å². The number of halogens is 2. The van der Waals surface area contributed by atoms with Crippen LogP contribution in [-0.2, 0) is 4.79 Å². The first-order valence-corrected chi connectivity index (χ1v) is 11.6. The molecule has 3 aliphatic carbocycles. The summed E-state index contributed by atoms with van der Waals surface area (Å²) in [6.45, 7) is 3.25. The number of carbonyl (C=O) groups excluding carboxylic acids is 1. The molecule has 4 fully saturated rings. The van der Waals surface area contributed by atoms with Gasteiger partial charge >= 0.3 is 0 Å². The van der Waals surface area contributed by atoms with Crippen LogP contribution in [0.3, 0.4) is 0 Å². The van der Waals surface area contributed by atoms with E-state index < -0.39 is 17.7 Å². The molecule has 6 heteroatoms. The fourth-order valence-electron chi connectivity index (χ4n) is 6.47. The van der Waals surface area contributed by atoms with Gasteiger partial charge in [0.05, 0.1) is 11.5 Å². The van der Waals surface area contributed by atoms with Crippen LogP contribution in [0.5, 0.6) is 0 Å². The van der Waals surface area contributed by atoms with Crippen LogP contribution >= 0.6 is 0 Å². The third-order valence-corrected chi connectivity index (χ3v) is 8.11. The van der Waals surface area contributed by atoms with Crippen LogP contribution < -0.4 is 0 Å². The number of nitrogens with zero attached hydrogens (tertiary/aromatic N) is 3. The summed E-state index contributed by atoms with van der Waals surface area (Å²) in [5, 5.41) is 5.83. The van der Waals surface area contributed by atoms with E-state index in [4.69, 9.17) is 0 Å². The van der Waals surface area contributed by atoms with Crippen LogP contribution in [0.25, 0.3) is 0 Å². The van der Waals surface area contributed by atoms with Gasteiger partial charge in [-0.1, -0.05) is 30.3 Å². The molecule has 2 aliphatic heterocycles. The molecule has 2 bridgehead atoms. The van der Waals surface area contributed by atoms with Gasteiger partial charge in [-0.15, -0.1) is 0 Å². The van der Waals surface area contributed by atoms with Crippen LogP contribution in [0.2, 0.25) is 0 Å². The van der Waals surface area contributed by atoms with Crippen molar-refractivity contribution in [1.29, 1.82) is 0 Å². The number of benzene rings is 2. The monoisotopic (exact) mass is 435 g/mol. The molecule has 1 amide bonds. The van der Waals surface area contributed by atoms with Gasteiger partial charge in [0.15, 0.2) is 0 Å². The molecule has 2 atom stereocenters. The van der Waals surface area contributed by atoms with E-state index in [0.29, 0.717) is 29.7 Å². The maximum absolute atomic E-state index is 13.8. The smallest absolute Gasteiger partial charge is 0.249 e. The van der Waals surface area contributed by atoms with Crippen molar-refractivity contribution >= 4 is 12.1 Å². The quantitative estimate of drug-likeness (QED) is 0.680. The summed E-state index contributed by atoms with van der Waals surface area (Å²) in [4.78, 5) is 16.0. The molecule has 2 aromatic carbocycles. The zero-order valence-corrected chi connectivity index (χ0v) is 18.0. The summed E-state index contributed by atoms with van der Waals surface area (Å²) in [6.07, 6.45) is 4.92. The summed E-state index contributed by atoms with van der Waals surface area (Å²) in [7, 11) is 0. The number of hydrogen-bond acceptors (Lipinski definition) is 3. The second-order valence-electron chi connectivity index (χ2n) is 10.1. The molecule has 0 N–H and O–H groups in total. The van der Waals surface area contributed by atoms with Gasteiger partial charge in [-0.2, -0.15) is 5.10 Å². The third kappa shape index (κ3) is 3.27. The molecule has 0 aromatic heterocycles. The number of amides is 1. The summed E-state index contributed by atoms with van der Waals surface area (Å²) < 4.78 is 27.5. The number of hydrazone groups is 1. The Morgan fingerprint density at radius 3 is 2.44 bits per heavy atom. The van der Waals surface area contributed by atoms with Crippen LogP contribution in [0, 0.1) is 28.9 Å². The second kappa shape index (κ2) is 7.48. The number of rotatable bonds is 5. The summed E-state index contributed by atoms with van der Waals surface area (Å²) >= 11 is 0. The number of likely N-dealkylation sites (tertiary alicyclic amines) is 1. The Bertz CT molecular complexity index is 1040. The van der Waals surface area contributed by atoms with E-state index in [1.165, 1.54) is 22.7 Å². The van der Waals surface area contributed by atoms with E-state index in [0.717, 1.165) is 45.0 Å². The van der Waals surface area contributed by atoms with Crippen molar-refractivity contribution in [2.24, 2.45) is 22.4 Å². The van der Waals surface area contributed by atoms with Crippen molar-refractivity contribution in [1.82, 2.24) is 9.91 Å². The van der Waals surface area contributed by atoms with E-state index in [-0.39, 0.29) is 11.3 Å². The highest BCUT2D eigenvalue weighted by Crippen LogP contribution is 2.63. The maximum Gasteiger partial charge on any atom is 0.249 e. The van der Waals surface area contributed by atoms with Gasteiger partial charge in [-0.3, -0.25) is 4.79 Å². The lowest BCUT2D eigenvalue weighted by Gasteiger charge is -2.42. The largest absolute Gasteiger partial charge is 0.302 e. The minimum absolute atomic E-state index is 0.0328. The van der Waals surface area contributed by atoms with Crippen LogP contribution in [0.15, 0.2) is 53.6 Å². The predicted octanol–water partition coefficient (Wildman–Crippen LogP) is 4.74. The lowest BCUT2D eigenvalue weighted by atomic mass is 9.68. The third-order valence-electron chi connectivity index (χ3n) is 8.11. The molecule has 3 saturated carbocycles. The van der Waals surface area contributed by atoms with Gasteiger partial charge in [0.2, 0.25) is 5.91 Å². The topological polar surface area (TPSA) is 35.9 Å². The highest BCUT2D eigenvalue weighted by Gasteiger charge is 2.62. The summed E-state index contributed by atoms with van der Waals surface area (Å²) in [5.74, 6) is 0.564. The molecule has 7 rings (SSSR count). The maximum atomic E-state index is 13.8. The minimum atomic E-state index is -0.620. The van der Waals surface area contributed by atoms with E-state index >= 15 is 0 Å².